The maximum Gasteiger partial charge on any atom is 0.311 e. The molecule has 6 heteroatoms. The Morgan fingerprint density at radius 3 is 2.28 bits per heavy atom. The lowest BCUT2D eigenvalue weighted by atomic mass is 10.2. The smallest absolute Gasteiger partial charge is 0.311 e. The monoisotopic (exact) mass is 359 g/mol. The van der Waals surface area contributed by atoms with Gasteiger partial charge in [-0.3, -0.25) is 10.1 Å². The van der Waals surface area contributed by atoms with Gasteiger partial charge in [-0.1, -0.05) is 51.1 Å². The third kappa shape index (κ3) is 4.82. The Bertz CT molecular complexity index is 739. The Balaban J connectivity index is 2.25. The molecule has 0 heterocycles. The molecule has 0 radical (unpaired) electrons. The van der Waals surface area contributed by atoms with Crippen LogP contribution in [0, 0.1) is 10.1 Å². The van der Waals surface area contributed by atoms with Gasteiger partial charge in [0.25, 0.3) is 0 Å². The lowest BCUT2D eigenvalue weighted by molar-refractivity contribution is -0.386. The first-order valence-corrected chi connectivity index (χ1v) is 11.2. The van der Waals surface area contributed by atoms with Crippen molar-refractivity contribution in [3.63, 3.8) is 0 Å². The summed E-state index contributed by atoms with van der Waals surface area (Å²) in [5.41, 5.74) is 0.894. The average molecular weight is 359 g/mol. The highest BCUT2D eigenvalue weighted by atomic mass is 28.4. The van der Waals surface area contributed by atoms with Crippen LogP contribution in [0.15, 0.2) is 48.5 Å². The topological polar surface area (TPSA) is 61.6 Å². The van der Waals surface area contributed by atoms with Crippen LogP contribution in [0.5, 0.6) is 11.5 Å². The molecule has 0 unspecified atom stereocenters. The predicted molar refractivity (Wildman–Crippen MR) is 102 cm³/mol. The van der Waals surface area contributed by atoms with Crippen LogP contribution in [0.3, 0.4) is 0 Å². The first kappa shape index (κ1) is 19.0. The molecule has 5 nitrogen and oxygen atoms in total. The maximum atomic E-state index is 11.3. The molecule has 0 aromatic heterocycles. The van der Waals surface area contributed by atoms with Crippen molar-refractivity contribution >= 4 is 14.0 Å². The van der Waals surface area contributed by atoms with E-state index in [9.17, 15) is 10.1 Å². The van der Waals surface area contributed by atoms with E-state index in [-0.39, 0.29) is 23.1 Å². The summed E-state index contributed by atoms with van der Waals surface area (Å²) in [6.07, 6.45) is 0. The van der Waals surface area contributed by atoms with Crippen molar-refractivity contribution in [2.24, 2.45) is 0 Å². The number of nitrogens with zero attached hydrogens (tertiary/aromatic N) is 1. The minimum absolute atomic E-state index is 0.0415. The molecule has 0 spiro atoms. The van der Waals surface area contributed by atoms with Gasteiger partial charge in [-0.05, 0) is 29.8 Å². The van der Waals surface area contributed by atoms with Crippen molar-refractivity contribution in [3.8, 4) is 11.5 Å². The van der Waals surface area contributed by atoms with Crippen molar-refractivity contribution in [1.29, 1.82) is 0 Å². The van der Waals surface area contributed by atoms with E-state index in [1.54, 1.807) is 12.1 Å². The van der Waals surface area contributed by atoms with Gasteiger partial charge in [-0.2, -0.15) is 0 Å². The Labute approximate surface area is 149 Å². The Morgan fingerprint density at radius 2 is 1.72 bits per heavy atom. The predicted octanol–water partition coefficient (Wildman–Crippen LogP) is 5.56. The molecule has 0 atom stereocenters. The number of hydrogen-bond donors (Lipinski definition) is 0. The summed E-state index contributed by atoms with van der Waals surface area (Å²) in [5.74, 6) is 0.838. The van der Waals surface area contributed by atoms with E-state index in [4.69, 9.17) is 9.16 Å². The summed E-state index contributed by atoms with van der Waals surface area (Å²) < 4.78 is 11.9. The lowest BCUT2D eigenvalue weighted by Crippen LogP contribution is -2.43. The highest BCUT2D eigenvalue weighted by molar-refractivity contribution is 6.74. The molecule has 2 rings (SSSR count). The van der Waals surface area contributed by atoms with Crippen LogP contribution in [-0.4, -0.2) is 13.2 Å². The second-order valence-corrected chi connectivity index (χ2v) is 12.2. The SMILES string of the molecule is CC(C)(C)[Si](C)(C)Oc1ccc([N+](=O)[O-])c(OCc2ccccc2)c1. The van der Waals surface area contributed by atoms with Crippen LogP contribution in [0.1, 0.15) is 26.3 Å². The van der Waals surface area contributed by atoms with Gasteiger partial charge in [0.2, 0.25) is 14.1 Å². The Morgan fingerprint density at radius 1 is 1.08 bits per heavy atom. The first-order valence-electron chi connectivity index (χ1n) is 8.24. The van der Waals surface area contributed by atoms with Crippen molar-refractivity contribution in [2.45, 2.75) is 45.5 Å². The van der Waals surface area contributed by atoms with Gasteiger partial charge < -0.3 is 9.16 Å². The number of rotatable bonds is 6. The fourth-order valence-electron chi connectivity index (χ4n) is 2.01. The minimum atomic E-state index is -2.03. The number of ether oxygens (including phenoxy) is 1. The molecule has 0 bridgehead atoms. The molecule has 0 amide bonds. The Hall–Kier alpha value is -2.34. The molecular formula is C19H25NO4Si. The van der Waals surface area contributed by atoms with E-state index >= 15 is 0 Å². The van der Waals surface area contributed by atoms with Crippen molar-refractivity contribution in [2.75, 3.05) is 0 Å². The van der Waals surface area contributed by atoms with Gasteiger partial charge in [0.15, 0.2) is 0 Å². The number of nitro benzene ring substituents is 1. The standard InChI is InChI=1S/C19H25NO4Si/c1-19(2,3)25(4,5)24-16-11-12-17(20(21)22)18(13-16)23-14-15-9-7-6-8-10-15/h6-13H,14H2,1-5H3. The van der Waals surface area contributed by atoms with E-state index in [1.807, 2.05) is 30.3 Å². The molecule has 0 N–H and O–H groups in total. The highest BCUT2D eigenvalue weighted by Crippen LogP contribution is 2.39. The molecule has 0 fully saturated rings. The van der Waals surface area contributed by atoms with Crippen LogP contribution >= 0.6 is 0 Å². The zero-order chi connectivity index (χ0) is 18.7. The van der Waals surface area contributed by atoms with Crippen LogP contribution in [-0.2, 0) is 6.61 Å². The Kier molecular flexibility index (Phi) is 5.52. The molecule has 0 saturated heterocycles. The van der Waals surface area contributed by atoms with Gasteiger partial charge in [0.1, 0.15) is 12.4 Å². The van der Waals surface area contributed by atoms with Gasteiger partial charge in [0.05, 0.1) is 4.92 Å². The summed E-state index contributed by atoms with van der Waals surface area (Å²) in [7, 11) is -2.03. The molecule has 0 saturated carbocycles. The molecule has 0 aliphatic rings. The van der Waals surface area contributed by atoms with E-state index < -0.39 is 13.2 Å². The van der Waals surface area contributed by atoms with E-state index in [2.05, 4.69) is 33.9 Å². The van der Waals surface area contributed by atoms with Crippen LogP contribution < -0.4 is 9.16 Å². The van der Waals surface area contributed by atoms with Crippen molar-refractivity contribution in [1.82, 2.24) is 0 Å². The largest absolute Gasteiger partial charge is 0.543 e. The average Bonchev–Trinajstić information content (AvgIpc) is 2.52. The van der Waals surface area contributed by atoms with Gasteiger partial charge >= 0.3 is 5.69 Å². The van der Waals surface area contributed by atoms with Crippen LogP contribution in [0.4, 0.5) is 5.69 Å². The second-order valence-electron chi connectivity index (χ2n) is 7.52. The fourth-order valence-corrected chi connectivity index (χ4v) is 3.03. The summed E-state index contributed by atoms with van der Waals surface area (Å²) in [4.78, 5) is 10.8. The normalized spacial score (nSPS) is 11.9. The number of hydrogen-bond acceptors (Lipinski definition) is 4. The third-order valence-corrected chi connectivity index (χ3v) is 8.90. The van der Waals surface area contributed by atoms with E-state index in [0.29, 0.717) is 5.75 Å². The zero-order valence-electron chi connectivity index (χ0n) is 15.4. The van der Waals surface area contributed by atoms with Gasteiger partial charge in [-0.15, -0.1) is 0 Å². The summed E-state index contributed by atoms with van der Waals surface area (Å²) in [6.45, 7) is 11.0. The van der Waals surface area contributed by atoms with E-state index in [0.717, 1.165) is 5.56 Å². The van der Waals surface area contributed by atoms with E-state index in [1.165, 1.54) is 6.07 Å². The maximum absolute atomic E-state index is 11.3. The minimum Gasteiger partial charge on any atom is -0.543 e. The number of nitro groups is 1. The van der Waals surface area contributed by atoms with Crippen LogP contribution in [0.2, 0.25) is 18.1 Å². The van der Waals surface area contributed by atoms with Gasteiger partial charge in [0, 0.05) is 12.1 Å². The number of benzene rings is 2. The summed E-state index contributed by atoms with van der Waals surface area (Å²) >= 11 is 0. The first-order chi connectivity index (χ1) is 11.6. The van der Waals surface area contributed by atoms with Crippen molar-refractivity contribution in [3.05, 3.63) is 64.2 Å². The summed E-state index contributed by atoms with van der Waals surface area (Å²) in [6, 6.07) is 14.3. The second kappa shape index (κ2) is 7.27. The zero-order valence-corrected chi connectivity index (χ0v) is 16.4. The molecular weight excluding hydrogens is 334 g/mol. The molecule has 2 aromatic rings. The third-order valence-electron chi connectivity index (χ3n) is 4.54. The molecule has 0 aliphatic carbocycles. The molecule has 0 aliphatic heterocycles. The fraction of sp³-hybridized carbons (Fsp3) is 0.368. The van der Waals surface area contributed by atoms with Crippen LogP contribution in [0.25, 0.3) is 0 Å². The summed E-state index contributed by atoms with van der Waals surface area (Å²) in [5, 5.41) is 11.3. The quantitative estimate of drug-likeness (QED) is 0.385. The van der Waals surface area contributed by atoms with Gasteiger partial charge in [-0.25, -0.2) is 0 Å². The molecule has 2 aromatic carbocycles. The molecule has 134 valence electrons. The lowest BCUT2D eigenvalue weighted by Gasteiger charge is -2.36. The highest BCUT2D eigenvalue weighted by Gasteiger charge is 2.39. The van der Waals surface area contributed by atoms with Crippen molar-refractivity contribution < 1.29 is 14.1 Å². The molecule has 25 heavy (non-hydrogen) atoms.